The molecule has 3 rings (SSSR count). The van der Waals surface area contributed by atoms with E-state index in [2.05, 4.69) is 5.32 Å². The van der Waals surface area contributed by atoms with Crippen LogP contribution in [-0.4, -0.2) is 47.8 Å². The Labute approximate surface area is 161 Å². The third kappa shape index (κ3) is 3.80. The first-order valence-electron chi connectivity index (χ1n) is 8.86. The number of amides is 3. The average molecular weight is 384 g/mol. The average Bonchev–Trinajstić information content (AvgIpc) is 3.29. The summed E-state index contributed by atoms with van der Waals surface area (Å²) < 4.78 is 10.2. The second-order valence-corrected chi connectivity index (χ2v) is 6.65. The third-order valence-electron chi connectivity index (χ3n) is 4.39. The number of carbonyl (C=O) groups excluding carboxylic acids is 4. The summed E-state index contributed by atoms with van der Waals surface area (Å²) in [5.74, 6) is -2.14. The molecule has 28 heavy (non-hydrogen) atoms. The first-order valence-corrected chi connectivity index (χ1v) is 8.86. The predicted octanol–water partition coefficient (Wildman–Crippen LogP) is 1.87. The zero-order chi connectivity index (χ0) is 20.3. The second kappa shape index (κ2) is 8.08. The Hall–Kier alpha value is -3.42. The Morgan fingerprint density at radius 3 is 2.25 bits per heavy atom. The first kappa shape index (κ1) is 19.3. The topological polar surface area (TPSA) is 106 Å². The first-order chi connectivity index (χ1) is 13.4. The highest BCUT2D eigenvalue weighted by atomic mass is 16.5. The van der Waals surface area contributed by atoms with Crippen LogP contribution in [0.2, 0.25) is 0 Å². The maximum absolute atomic E-state index is 12.4. The smallest absolute Gasteiger partial charge is 0.328 e. The molecule has 1 atom stereocenters. The van der Waals surface area contributed by atoms with E-state index in [4.69, 9.17) is 9.15 Å². The van der Waals surface area contributed by atoms with E-state index in [0.29, 0.717) is 11.1 Å². The van der Waals surface area contributed by atoms with Crippen LogP contribution in [0.3, 0.4) is 0 Å². The van der Waals surface area contributed by atoms with Crippen molar-refractivity contribution in [3.63, 3.8) is 0 Å². The summed E-state index contributed by atoms with van der Waals surface area (Å²) in [7, 11) is 0. The number of hydrogen-bond donors (Lipinski definition) is 1. The SMILES string of the molecule is CC(C)[C@H](NC(=O)c1ccco1)C(=O)OCCN1C(=O)c2ccccc2C1=O. The molecule has 0 spiro atoms. The number of nitrogens with one attached hydrogen (secondary N) is 1. The van der Waals surface area contributed by atoms with Crippen molar-refractivity contribution < 1.29 is 28.3 Å². The lowest BCUT2D eigenvalue weighted by molar-refractivity contribution is -0.147. The molecule has 3 amide bonds. The molecule has 0 fully saturated rings. The van der Waals surface area contributed by atoms with E-state index >= 15 is 0 Å². The third-order valence-corrected chi connectivity index (χ3v) is 4.39. The van der Waals surface area contributed by atoms with Gasteiger partial charge in [-0.05, 0) is 30.2 Å². The number of nitrogens with zero attached hydrogens (tertiary/aromatic N) is 1. The van der Waals surface area contributed by atoms with E-state index in [0.717, 1.165) is 4.90 Å². The zero-order valence-electron chi connectivity index (χ0n) is 15.5. The van der Waals surface area contributed by atoms with E-state index in [1.54, 1.807) is 44.2 Å². The number of fused-ring (bicyclic) bond motifs is 1. The van der Waals surface area contributed by atoms with Crippen LogP contribution in [0.5, 0.6) is 0 Å². The zero-order valence-corrected chi connectivity index (χ0v) is 15.5. The fraction of sp³-hybridized carbons (Fsp3) is 0.300. The summed E-state index contributed by atoms with van der Waals surface area (Å²) >= 11 is 0. The maximum Gasteiger partial charge on any atom is 0.328 e. The van der Waals surface area contributed by atoms with Gasteiger partial charge in [-0.1, -0.05) is 26.0 Å². The molecule has 8 nitrogen and oxygen atoms in total. The monoisotopic (exact) mass is 384 g/mol. The lowest BCUT2D eigenvalue weighted by Crippen LogP contribution is -2.46. The van der Waals surface area contributed by atoms with Gasteiger partial charge in [0.1, 0.15) is 12.6 Å². The highest BCUT2D eigenvalue weighted by molar-refractivity contribution is 6.21. The molecule has 2 aromatic rings. The molecular weight excluding hydrogens is 364 g/mol. The Kier molecular flexibility index (Phi) is 5.58. The van der Waals surface area contributed by atoms with Gasteiger partial charge in [0.25, 0.3) is 17.7 Å². The van der Waals surface area contributed by atoms with E-state index in [9.17, 15) is 19.2 Å². The normalized spacial score (nSPS) is 14.2. The quantitative estimate of drug-likeness (QED) is 0.577. The van der Waals surface area contributed by atoms with Crippen LogP contribution in [0.25, 0.3) is 0 Å². The molecule has 1 aliphatic heterocycles. The highest BCUT2D eigenvalue weighted by Gasteiger charge is 2.35. The minimum Gasteiger partial charge on any atom is -0.462 e. The summed E-state index contributed by atoms with van der Waals surface area (Å²) in [6, 6.07) is 8.70. The summed E-state index contributed by atoms with van der Waals surface area (Å²) in [6.07, 6.45) is 1.36. The van der Waals surface area contributed by atoms with Crippen molar-refractivity contribution in [3.05, 3.63) is 59.5 Å². The maximum atomic E-state index is 12.4. The van der Waals surface area contributed by atoms with Crippen LogP contribution >= 0.6 is 0 Å². The number of rotatable bonds is 7. The Bertz CT molecular complexity index is 868. The molecule has 0 unspecified atom stereocenters. The van der Waals surface area contributed by atoms with Gasteiger partial charge in [-0.3, -0.25) is 19.3 Å². The minimum atomic E-state index is -0.889. The van der Waals surface area contributed by atoms with Crippen molar-refractivity contribution in [2.45, 2.75) is 19.9 Å². The number of furan rings is 1. The van der Waals surface area contributed by atoms with Crippen LogP contribution in [0.15, 0.2) is 47.1 Å². The molecule has 1 N–H and O–H groups in total. The van der Waals surface area contributed by atoms with Gasteiger partial charge in [0.2, 0.25) is 0 Å². The van der Waals surface area contributed by atoms with Gasteiger partial charge in [0.15, 0.2) is 5.76 Å². The van der Waals surface area contributed by atoms with Crippen molar-refractivity contribution in [3.8, 4) is 0 Å². The Morgan fingerprint density at radius 2 is 1.71 bits per heavy atom. The van der Waals surface area contributed by atoms with Crippen molar-refractivity contribution >= 4 is 23.7 Å². The summed E-state index contributed by atoms with van der Waals surface area (Å²) in [6.45, 7) is 3.30. The molecule has 1 aromatic carbocycles. The molecule has 0 radical (unpaired) electrons. The lowest BCUT2D eigenvalue weighted by atomic mass is 10.0. The van der Waals surface area contributed by atoms with Crippen LogP contribution < -0.4 is 5.32 Å². The molecule has 1 aromatic heterocycles. The number of imide groups is 1. The summed E-state index contributed by atoms with van der Waals surface area (Å²) in [5, 5.41) is 2.57. The number of ether oxygens (including phenoxy) is 1. The van der Waals surface area contributed by atoms with E-state index in [1.807, 2.05) is 0 Å². The molecule has 8 heteroatoms. The molecule has 1 aliphatic rings. The number of carbonyl (C=O) groups is 4. The van der Waals surface area contributed by atoms with Gasteiger partial charge < -0.3 is 14.5 Å². The molecule has 0 saturated heterocycles. The molecule has 2 heterocycles. The largest absolute Gasteiger partial charge is 0.462 e. The molecule has 146 valence electrons. The van der Waals surface area contributed by atoms with Crippen LogP contribution in [0, 0.1) is 5.92 Å². The van der Waals surface area contributed by atoms with Crippen molar-refractivity contribution in [2.24, 2.45) is 5.92 Å². The number of benzene rings is 1. The standard InChI is InChI=1S/C20H20N2O6/c1-12(2)16(21-17(23)15-8-5-10-27-15)20(26)28-11-9-22-18(24)13-6-3-4-7-14(13)19(22)25/h3-8,10,12,16H,9,11H2,1-2H3,(H,21,23)/t16-/m0/s1. The Balaban J connectivity index is 1.56. The van der Waals surface area contributed by atoms with E-state index in [1.165, 1.54) is 12.3 Å². The lowest BCUT2D eigenvalue weighted by Gasteiger charge is -2.21. The fourth-order valence-corrected chi connectivity index (χ4v) is 2.89. The van der Waals surface area contributed by atoms with Crippen LogP contribution in [0.1, 0.15) is 45.1 Å². The molecule has 0 aliphatic carbocycles. The van der Waals surface area contributed by atoms with E-state index in [-0.39, 0.29) is 24.8 Å². The van der Waals surface area contributed by atoms with E-state index < -0.39 is 29.7 Å². The number of esters is 1. The van der Waals surface area contributed by atoms with Gasteiger partial charge in [-0.15, -0.1) is 0 Å². The van der Waals surface area contributed by atoms with Gasteiger partial charge in [-0.25, -0.2) is 4.79 Å². The minimum absolute atomic E-state index is 0.0605. The van der Waals surface area contributed by atoms with Gasteiger partial charge in [0.05, 0.1) is 23.9 Å². The van der Waals surface area contributed by atoms with Gasteiger partial charge in [0, 0.05) is 0 Å². The van der Waals surface area contributed by atoms with Crippen LogP contribution in [0.4, 0.5) is 0 Å². The van der Waals surface area contributed by atoms with Crippen molar-refractivity contribution in [1.29, 1.82) is 0 Å². The fourth-order valence-electron chi connectivity index (χ4n) is 2.89. The van der Waals surface area contributed by atoms with Gasteiger partial charge in [-0.2, -0.15) is 0 Å². The Morgan fingerprint density at radius 1 is 1.07 bits per heavy atom. The predicted molar refractivity (Wildman–Crippen MR) is 97.6 cm³/mol. The van der Waals surface area contributed by atoms with Gasteiger partial charge >= 0.3 is 5.97 Å². The molecular formula is C20H20N2O6. The number of hydrogen-bond acceptors (Lipinski definition) is 6. The molecule has 0 bridgehead atoms. The molecule has 0 saturated carbocycles. The van der Waals surface area contributed by atoms with Crippen molar-refractivity contribution in [1.82, 2.24) is 10.2 Å². The summed E-state index contributed by atoms with van der Waals surface area (Å²) in [4.78, 5) is 50.1. The summed E-state index contributed by atoms with van der Waals surface area (Å²) in [5.41, 5.74) is 0.675. The highest BCUT2D eigenvalue weighted by Crippen LogP contribution is 2.22. The van der Waals surface area contributed by atoms with Crippen molar-refractivity contribution in [2.75, 3.05) is 13.2 Å². The second-order valence-electron chi connectivity index (χ2n) is 6.65. The van der Waals surface area contributed by atoms with Crippen LogP contribution in [-0.2, 0) is 9.53 Å².